The number of nitrogens with one attached hydrogen (secondary N) is 2. The molecule has 4 nitrogen and oxygen atoms in total. The molecule has 0 bridgehead atoms. The molecule has 1 aromatic heterocycles. The lowest BCUT2D eigenvalue weighted by Crippen LogP contribution is -2.32. The third-order valence-electron chi connectivity index (χ3n) is 5.80. The van der Waals surface area contributed by atoms with Gasteiger partial charge in [-0.15, -0.1) is 11.3 Å². The van der Waals surface area contributed by atoms with Crippen molar-refractivity contribution in [2.45, 2.75) is 25.8 Å². The first-order chi connectivity index (χ1) is 15.1. The highest BCUT2D eigenvalue weighted by atomic mass is 32.1. The van der Waals surface area contributed by atoms with Gasteiger partial charge in [0.1, 0.15) is 5.82 Å². The number of carbonyl (C=O) groups is 1. The molecule has 162 valence electrons. The Labute approximate surface area is 187 Å². The Kier molecular flexibility index (Phi) is 6.99. The smallest absolute Gasteiger partial charge is 0.238 e. The lowest BCUT2D eigenvalue weighted by Gasteiger charge is -2.32. The fraction of sp³-hybridized carbons (Fsp3) is 0.320. The van der Waals surface area contributed by atoms with Crippen molar-refractivity contribution in [1.29, 1.82) is 0 Å². The maximum absolute atomic E-state index is 13.3. The van der Waals surface area contributed by atoms with E-state index in [2.05, 4.69) is 34.6 Å². The Bertz CT molecular complexity index is 965. The Hall–Kier alpha value is -2.70. The third-order valence-corrected chi connectivity index (χ3v) is 6.73. The molecule has 1 saturated heterocycles. The summed E-state index contributed by atoms with van der Waals surface area (Å²) in [5.41, 5.74) is 2.92. The van der Waals surface area contributed by atoms with Crippen LogP contribution in [0.5, 0.6) is 0 Å². The number of hydrogen-bond acceptors (Lipinski definition) is 4. The molecule has 2 heterocycles. The summed E-state index contributed by atoms with van der Waals surface area (Å²) in [6.07, 6.45) is 2.45. The summed E-state index contributed by atoms with van der Waals surface area (Å²) in [7, 11) is 0. The van der Waals surface area contributed by atoms with Crippen LogP contribution in [0.1, 0.15) is 36.2 Å². The average Bonchev–Trinajstić information content (AvgIpc) is 3.31. The van der Waals surface area contributed by atoms with Crippen LogP contribution in [0.25, 0.3) is 0 Å². The topological polar surface area (TPSA) is 44.4 Å². The molecule has 1 amide bonds. The molecule has 0 radical (unpaired) electrons. The van der Waals surface area contributed by atoms with Crippen molar-refractivity contribution in [2.75, 3.05) is 29.9 Å². The summed E-state index contributed by atoms with van der Waals surface area (Å²) < 4.78 is 13.3. The summed E-state index contributed by atoms with van der Waals surface area (Å²) >= 11 is 1.61. The van der Waals surface area contributed by atoms with Gasteiger partial charge in [0.25, 0.3) is 0 Å². The first-order valence-electron chi connectivity index (χ1n) is 10.8. The highest BCUT2D eigenvalue weighted by molar-refractivity contribution is 7.10. The van der Waals surface area contributed by atoms with Crippen LogP contribution in [0, 0.1) is 11.7 Å². The van der Waals surface area contributed by atoms with E-state index in [1.165, 1.54) is 30.7 Å². The Morgan fingerprint density at radius 3 is 2.45 bits per heavy atom. The predicted molar refractivity (Wildman–Crippen MR) is 126 cm³/mol. The molecule has 2 aromatic carbocycles. The maximum Gasteiger partial charge on any atom is 0.238 e. The molecular weight excluding hydrogens is 409 g/mol. The summed E-state index contributed by atoms with van der Waals surface area (Å²) in [5.74, 6) is 0.423. The highest BCUT2D eigenvalue weighted by Crippen LogP contribution is 2.27. The van der Waals surface area contributed by atoms with Crippen molar-refractivity contribution in [1.82, 2.24) is 5.32 Å². The van der Waals surface area contributed by atoms with Gasteiger partial charge in [0.2, 0.25) is 5.91 Å². The zero-order valence-corrected chi connectivity index (χ0v) is 18.5. The van der Waals surface area contributed by atoms with Gasteiger partial charge in [0, 0.05) is 29.3 Å². The van der Waals surface area contributed by atoms with E-state index in [0.717, 1.165) is 35.1 Å². The fourth-order valence-electron chi connectivity index (χ4n) is 3.92. The quantitative estimate of drug-likeness (QED) is 0.517. The van der Waals surface area contributed by atoms with Crippen LogP contribution in [0.15, 0.2) is 66.0 Å². The van der Waals surface area contributed by atoms with Crippen molar-refractivity contribution < 1.29 is 9.18 Å². The maximum atomic E-state index is 13.3. The van der Waals surface area contributed by atoms with Gasteiger partial charge >= 0.3 is 0 Å². The van der Waals surface area contributed by atoms with Gasteiger partial charge in [-0.05, 0) is 72.2 Å². The van der Waals surface area contributed by atoms with Crippen LogP contribution in [-0.2, 0) is 4.79 Å². The second-order valence-electron chi connectivity index (χ2n) is 8.15. The first-order valence-corrected chi connectivity index (χ1v) is 11.6. The number of nitrogens with zero attached hydrogens (tertiary/aromatic N) is 1. The minimum Gasteiger partial charge on any atom is -0.372 e. The number of halogens is 1. The predicted octanol–water partition coefficient (Wildman–Crippen LogP) is 5.44. The summed E-state index contributed by atoms with van der Waals surface area (Å²) in [6.45, 7) is 4.64. The number of hydrogen-bond donors (Lipinski definition) is 2. The number of carbonyl (C=O) groups excluding carboxylic acids is 1. The second kappa shape index (κ2) is 10.1. The average molecular weight is 438 g/mol. The Morgan fingerprint density at radius 2 is 1.81 bits per heavy atom. The summed E-state index contributed by atoms with van der Waals surface area (Å²) in [6, 6.07) is 18.3. The van der Waals surface area contributed by atoms with E-state index in [-0.39, 0.29) is 24.3 Å². The summed E-state index contributed by atoms with van der Waals surface area (Å²) in [4.78, 5) is 16.0. The van der Waals surface area contributed by atoms with Gasteiger partial charge < -0.3 is 10.2 Å². The Balaban J connectivity index is 1.34. The number of amides is 1. The number of piperidine rings is 1. The van der Waals surface area contributed by atoms with Crippen molar-refractivity contribution >= 4 is 28.6 Å². The van der Waals surface area contributed by atoms with Gasteiger partial charge in [-0.25, -0.2) is 4.39 Å². The van der Waals surface area contributed by atoms with Crippen LogP contribution in [0.2, 0.25) is 0 Å². The molecule has 0 spiro atoms. The molecule has 1 unspecified atom stereocenters. The summed E-state index contributed by atoms with van der Waals surface area (Å²) in [5, 5.41) is 8.27. The van der Waals surface area contributed by atoms with Crippen LogP contribution in [0.3, 0.4) is 0 Å². The normalized spacial score (nSPS) is 15.6. The molecule has 6 heteroatoms. The van der Waals surface area contributed by atoms with Crippen molar-refractivity contribution in [3.63, 3.8) is 0 Å². The van der Waals surface area contributed by atoms with E-state index in [4.69, 9.17) is 0 Å². The molecule has 4 rings (SSSR count). The minimum atomic E-state index is -0.270. The lowest BCUT2D eigenvalue weighted by molar-refractivity contribution is -0.115. The molecule has 0 saturated carbocycles. The highest BCUT2D eigenvalue weighted by Gasteiger charge is 2.17. The Morgan fingerprint density at radius 1 is 1.10 bits per heavy atom. The van der Waals surface area contributed by atoms with Crippen LogP contribution in [-0.4, -0.2) is 25.5 Å². The molecule has 2 N–H and O–H groups in total. The standard InChI is InChI=1S/C25H28FN3OS/c1-18-12-14-29(15-13-18)22-10-8-21(9-11-22)28-24(30)17-27-25(23-3-2-16-31-23)19-4-6-20(26)7-5-19/h2-11,16,18,25,27H,12-15,17H2,1H3,(H,28,30). The van der Waals surface area contributed by atoms with Gasteiger partial charge in [-0.2, -0.15) is 0 Å². The fourth-order valence-corrected chi connectivity index (χ4v) is 4.74. The largest absolute Gasteiger partial charge is 0.372 e. The van der Waals surface area contributed by atoms with Gasteiger partial charge in [-0.1, -0.05) is 25.1 Å². The van der Waals surface area contributed by atoms with Gasteiger partial charge in [0.05, 0.1) is 12.6 Å². The third kappa shape index (κ3) is 5.71. The van der Waals surface area contributed by atoms with Crippen LogP contribution >= 0.6 is 11.3 Å². The first kappa shape index (κ1) is 21.5. The van der Waals surface area contributed by atoms with Gasteiger partial charge in [0.15, 0.2) is 0 Å². The lowest BCUT2D eigenvalue weighted by atomic mass is 9.99. The molecule has 31 heavy (non-hydrogen) atoms. The van der Waals surface area contributed by atoms with Crippen molar-refractivity contribution in [3.8, 4) is 0 Å². The van der Waals surface area contributed by atoms with Crippen LogP contribution < -0.4 is 15.5 Å². The zero-order chi connectivity index (χ0) is 21.6. The molecule has 1 atom stereocenters. The van der Waals surface area contributed by atoms with E-state index in [0.29, 0.717) is 0 Å². The van der Waals surface area contributed by atoms with Crippen molar-refractivity contribution in [2.24, 2.45) is 5.92 Å². The molecule has 1 aliphatic rings. The monoisotopic (exact) mass is 437 g/mol. The number of rotatable bonds is 7. The van der Waals surface area contributed by atoms with E-state index in [9.17, 15) is 9.18 Å². The number of benzene rings is 2. The van der Waals surface area contributed by atoms with E-state index < -0.39 is 0 Å². The molecule has 3 aromatic rings. The number of anilines is 2. The van der Waals surface area contributed by atoms with E-state index in [1.54, 1.807) is 23.5 Å². The zero-order valence-electron chi connectivity index (χ0n) is 17.7. The SMILES string of the molecule is CC1CCN(c2ccc(NC(=O)CNC(c3ccc(F)cc3)c3cccs3)cc2)CC1. The molecule has 1 fully saturated rings. The molecule has 1 aliphatic heterocycles. The molecular formula is C25H28FN3OS. The van der Waals surface area contributed by atoms with E-state index >= 15 is 0 Å². The second-order valence-corrected chi connectivity index (χ2v) is 9.12. The molecule has 0 aliphatic carbocycles. The number of thiophene rings is 1. The minimum absolute atomic E-state index is 0.108. The van der Waals surface area contributed by atoms with Crippen molar-refractivity contribution in [3.05, 3.63) is 82.3 Å². The van der Waals surface area contributed by atoms with Crippen LogP contribution in [0.4, 0.5) is 15.8 Å². The van der Waals surface area contributed by atoms with Gasteiger partial charge in [-0.3, -0.25) is 10.1 Å². The van der Waals surface area contributed by atoms with E-state index in [1.807, 2.05) is 29.6 Å².